The lowest BCUT2D eigenvalue weighted by Gasteiger charge is -2.13. The maximum atomic E-state index is 10.8. The standard InChI is InChI=1S/C10H18INO6/c11-7-18-6-5-17-4-3-12-8(10(15)16)1-2-9(13)14/h8,12H,1-7H2,(H,13,14)(H,15,16). The van der Waals surface area contributed by atoms with E-state index in [-0.39, 0.29) is 12.8 Å². The van der Waals surface area contributed by atoms with Crippen LogP contribution in [0.2, 0.25) is 0 Å². The molecule has 0 aliphatic rings. The number of alkyl halides is 1. The van der Waals surface area contributed by atoms with Gasteiger partial charge in [0.2, 0.25) is 0 Å². The fraction of sp³-hybridized carbons (Fsp3) is 0.800. The average Bonchev–Trinajstić information content (AvgIpc) is 2.31. The summed E-state index contributed by atoms with van der Waals surface area (Å²) in [4.78, 5) is 21.1. The Morgan fingerprint density at radius 3 is 2.39 bits per heavy atom. The predicted octanol–water partition coefficient (Wildman–Crippen LogP) is 0.320. The third kappa shape index (κ3) is 10.7. The van der Waals surface area contributed by atoms with E-state index in [9.17, 15) is 9.59 Å². The molecule has 0 spiro atoms. The number of aliphatic carboxylic acids is 2. The normalized spacial score (nSPS) is 12.3. The first-order valence-electron chi connectivity index (χ1n) is 5.47. The molecule has 3 N–H and O–H groups in total. The van der Waals surface area contributed by atoms with Gasteiger partial charge in [0.1, 0.15) is 6.04 Å². The van der Waals surface area contributed by atoms with Crippen molar-refractivity contribution in [2.45, 2.75) is 18.9 Å². The summed E-state index contributed by atoms with van der Waals surface area (Å²) in [5.41, 5.74) is 0. The number of hydrogen-bond donors (Lipinski definition) is 3. The summed E-state index contributed by atoms with van der Waals surface area (Å²) in [5.74, 6) is -2.06. The molecule has 0 radical (unpaired) electrons. The molecule has 0 fully saturated rings. The monoisotopic (exact) mass is 375 g/mol. The van der Waals surface area contributed by atoms with Gasteiger partial charge in [-0.25, -0.2) is 0 Å². The van der Waals surface area contributed by atoms with Crippen LogP contribution in [0.3, 0.4) is 0 Å². The molecule has 0 aromatic rings. The predicted molar refractivity (Wildman–Crippen MR) is 72.0 cm³/mol. The largest absolute Gasteiger partial charge is 0.481 e. The van der Waals surface area contributed by atoms with E-state index >= 15 is 0 Å². The van der Waals surface area contributed by atoms with Crippen LogP contribution in [0.5, 0.6) is 0 Å². The van der Waals surface area contributed by atoms with Crippen molar-refractivity contribution in [2.24, 2.45) is 0 Å². The van der Waals surface area contributed by atoms with Gasteiger partial charge in [-0.2, -0.15) is 0 Å². The summed E-state index contributed by atoms with van der Waals surface area (Å²) in [6.07, 6.45) is -0.114. The maximum Gasteiger partial charge on any atom is 0.320 e. The summed E-state index contributed by atoms with van der Waals surface area (Å²) in [6.45, 7) is 1.68. The van der Waals surface area contributed by atoms with Gasteiger partial charge in [0.25, 0.3) is 0 Å². The number of nitrogens with one attached hydrogen (secondary N) is 1. The highest BCUT2D eigenvalue weighted by molar-refractivity contribution is 14.1. The highest BCUT2D eigenvalue weighted by atomic mass is 127. The van der Waals surface area contributed by atoms with Crippen molar-refractivity contribution in [1.29, 1.82) is 0 Å². The third-order valence-electron chi connectivity index (χ3n) is 2.03. The lowest BCUT2D eigenvalue weighted by molar-refractivity contribution is -0.140. The van der Waals surface area contributed by atoms with Crippen LogP contribution in [0.1, 0.15) is 12.8 Å². The molecule has 18 heavy (non-hydrogen) atoms. The zero-order valence-electron chi connectivity index (χ0n) is 9.93. The van der Waals surface area contributed by atoms with Crippen molar-refractivity contribution in [3.63, 3.8) is 0 Å². The molecule has 106 valence electrons. The Labute approximate surface area is 119 Å². The van der Waals surface area contributed by atoms with Crippen LogP contribution < -0.4 is 5.32 Å². The summed E-state index contributed by atoms with van der Waals surface area (Å²) >= 11 is 2.08. The molecule has 7 nitrogen and oxygen atoms in total. The fourth-order valence-electron chi connectivity index (χ4n) is 1.16. The van der Waals surface area contributed by atoms with Gasteiger partial charge < -0.3 is 25.0 Å². The summed E-state index contributed by atoms with van der Waals surface area (Å²) in [6, 6.07) is -0.852. The van der Waals surface area contributed by atoms with E-state index < -0.39 is 18.0 Å². The van der Waals surface area contributed by atoms with E-state index in [2.05, 4.69) is 27.9 Å². The molecule has 0 saturated carbocycles. The quantitative estimate of drug-likeness (QED) is 0.256. The Balaban J connectivity index is 3.58. The lowest BCUT2D eigenvalue weighted by Crippen LogP contribution is -2.39. The van der Waals surface area contributed by atoms with Gasteiger partial charge in [-0.05, 0) is 6.42 Å². The maximum absolute atomic E-state index is 10.8. The molecule has 0 bridgehead atoms. The van der Waals surface area contributed by atoms with E-state index in [1.807, 2.05) is 0 Å². The van der Waals surface area contributed by atoms with Crippen molar-refractivity contribution in [1.82, 2.24) is 5.32 Å². The number of hydrogen-bond acceptors (Lipinski definition) is 5. The molecule has 0 aromatic heterocycles. The topological polar surface area (TPSA) is 105 Å². The number of carboxylic acid groups (broad SMARTS) is 2. The Kier molecular flexibility index (Phi) is 11.3. The van der Waals surface area contributed by atoms with Gasteiger partial charge in [-0.1, -0.05) is 22.6 Å². The third-order valence-corrected chi connectivity index (χ3v) is 2.47. The highest BCUT2D eigenvalue weighted by Crippen LogP contribution is 1.97. The minimum Gasteiger partial charge on any atom is -0.481 e. The Bertz CT molecular complexity index is 251. The number of carbonyl (C=O) groups is 2. The van der Waals surface area contributed by atoms with Crippen LogP contribution in [-0.4, -0.2) is 59.2 Å². The minimum absolute atomic E-state index is 0.0581. The lowest BCUT2D eigenvalue weighted by atomic mass is 10.1. The highest BCUT2D eigenvalue weighted by Gasteiger charge is 2.17. The van der Waals surface area contributed by atoms with Crippen LogP contribution >= 0.6 is 22.6 Å². The smallest absolute Gasteiger partial charge is 0.320 e. The summed E-state index contributed by atoms with van der Waals surface area (Å²) in [5, 5.41) is 20.1. The molecule has 1 unspecified atom stereocenters. The zero-order valence-corrected chi connectivity index (χ0v) is 12.1. The number of ether oxygens (including phenoxy) is 2. The summed E-state index contributed by atoms with van der Waals surface area (Å²) in [7, 11) is 0. The van der Waals surface area contributed by atoms with Crippen molar-refractivity contribution >= 4 is 34.5 Å². The number of carboxylic acids is 2. The van der Waals surface area contributed by atoms with E-state index in [0.717, 1.165) is 0 Å². The summed E-state index contributed by atoms with van der Waals surface area (Å²) < 4.78 is 10.8. The van der Waals surface area contributed by atoms with Gasteiger partial charge >= 0.3 is 11.9 Å². The molecular weight excluding hydrogens is 357 g/mol. The molecule has 0 rings (SSSR count). The van der Waals surface area contributed by atoms with Crippen molar-refractivity contribution in [3.8, 4) is 0 Å². The molecule has 8 heteroatoms. The van der Waals surface area contributed by atoms with Crippen molar-refractivity contribution in [3.05, 3.63) is 0 Å². The average molecular weight is 375 g/mol. The molecule has 0 aromatic carbocycles. The first-order chi connectivity index (χ1) is 8.57. The number of rotatable bonds is 12. The second kappa shape index (κ2) is 11.6. The van der Waals surface area contributed by atoms with Crippen LogP contribution in [0.4, 0.5) is 0 Å². The van der Waals surface area contributed by atoms with Gasteiger partial charge in [0.15, 0.2) is 0 Å². The molecule has 0 saturated heterocycles. The van der Waals surface area contributed by atoms with Gasteiger partial charge in [0, 0.05) is 13.0 Å². The Hall–Kier alpha value is -0.450. The van der Waals surface area contributed by atoms with Gasteiger partial charge in [-0.15, -0.1) is 0 Å². The van der Waals surface area contributed by atoms with Crippen molar-refractivity contribution < 1.29 is 29.3 Å². The van der Waals surface area contributed by atoms with Crippen LogP contribution in [0.15, 0.2) is 0 Å². The first kappa shape index (κ1) is 17.6. The molecule has 0 heterocycles. The Morgan fingerprint density at radius 1 is 1.17 bits per heavy atom. The Morgan fingerprint density at radius 2 is 1.83 bits per heavy atom. The van der Waals surface area contributed by atoms with Crippen LogP contribution in [0, 0.1) is 0 Å². The molecule has 0 amide bonds. The molecule has 0 aliphatic carbocycles. The molecule has 0 aliphatic heterocycles. The van der Waals surface area contributed by atoms with Crippen LogP contribution in [-0.2, 0) is 19.1 Å². The zero-order chi connectivity index (χ0) is 13.8. The van der Waals surface area contributed by atoms with E-state index in [1.54, 1.807) is 0 Å². The minimum atomic E-state index is -1.05. The van der Waals surface area contributed by atoms with Crippen LogP contribution in [0.25, 0.3) is 0 Å². The second-order valence-electron chi connectivity index (χ2n) is 3.41. The molecule has 1 atom stereocenters. The molecular formula is C10H18INO6. The van der Waals surface area contributed by atoms with Gasteiger partial charge in [-0.3, -0.25) is 9.59 Å². The van der Waals surface area contributed by atoms with E-state index in [1.165, 1.54) is 0 Å². The number of halogens is 1. The SMILES string of the molecule is O=C(O)CCC(NCCOCCOCI)C(=O)O. The van der Waals surface area contributed by atoms with E-state index in [4.69, 9.17) is 19.7 Å². The van der Waals surface area contributed by atoms with E-state index in [0.29, 0.717) is 31.0 Å². The first-order valence-corrected chi connectivity index (χ1v) is 7.00. The fourth-order valence-corrected chi connectivity index (χ4v) is 1.47. The van der Waals surface area contributed by atoms with Gasteiger partial charge in [0.05, 0.1) is 24.4 Å². The second-order valence-corrected chi connectivity index (χ2v) is 4.03. The van der Waals surface area contributed by atoms with Crippen molar-refractivity contribution in [2.75, 3.05) is 31.0 Å².